The molecule has 7 nitrogen and oxygen atoms in total. The Labute approximate surface area is 128 Å². The number of hydrogen-bond acceptors (Lipinski definition) is 5. The Hall–Kier alpha value is -2.44. The van der Waals surface area contributed by atoms with Gasteiger partial charge in [0.1, 0.15) is 12.7 Å². The van der Waals surface area contributed by atoms with E-state index in [-0.39, 0.29) is 5.91 Å². The van der Waals surface area contributed by atoms with Crippen LogP contribution in [0.1, 0.15) is 23.2 Å². The van der Waals surface area contributed by atoms with Crippen LogP contribution in [0.3, 0.4) is 0 Å². The van der Waals surface area contributed by atoms with Gasteiger partial charge in [-0.15, -0.1) is 0 Å². The van der Waals surface area contributed by atoms with Crippen LogP contribution in [0.4, 0.5) is 0 Å². The molecule has 1 aliphatic rings. The lowest BCUT2D eigenvalue weighted by Crippen LogP contribution is -2.39. The molecule has 116 valence electrons. The molecule has 1 amide bonds. The lowest BCUT2D eigenvalue weighted by molar-refractivity contribution is 0.0680. The smallest absolute Gasteiger partial charge is 0.255 e. The van der Waals surface area contributed by atoms with E-state index in [0.29, 0.717) is 17.4 Å². The van der Waals surface area contributed by atoms with Crippen LogP contribution in [0.15, 0.2) is 31.0 Å². The fraction of sp³-hybridized carbons (Fsp3) is 0.467. The Morgan fingerprint density at radius 1 is 1.36 bits per heavy atom. The third-order valence-corrected chi connectivity index (χ3v) is 4.01. The highest BCUT2D eigenvalue weighted by atomic mass is 16.5. The second-order valence-corrected chi connectivity index (χ2v) is 5.44. The van der Waals surface area contributed by atoms with Crippen molar-refractivity contribution in [2.75, 3.05) is 20.2 Å². The monoisotopic (exact) mass is 301 g/mol. The van der Waals surface area contributed by atoms with Crippen molar-refractivity contribution in [1.82, 2.24) is 24.6 Å². The summed E-state index contributed by atoms with van der Waals surface area (Å²) in [6.07, 6.45) is 6.82. The Bertz CT molecular complexity index is 603. The number of rotatable bonds is 4. The van der Waals surface area contributed by atoms with Gasteiger partial charge in [-0.3, -0.25) is 9.48 Å². The Morgan fingerprint density at radius 3 is 2.77 bits per heavy atom. The summed E-state index contributed by atoms with van der Waals surface area (Å²) in [6.45, 7) is 2.40. The van der Waals surface area contributed by atoms with Gasteiger partial charge < -0.3 is 9.64 Å². The predicted molar refractivity (Wildman–Crippen MR) is 79.4 cm³/mol. The highest BCUT2D eigenvalue weighted by molar-refractivity contribution is 5.94. The van der Waals surface area contributed by atoms with Crippen LogP contribution in [0.5, 0.6) is 5.88 Å². The Kier molecular flexibility index (Phi) is 4.32. The van der Waals surface area contributed by atoms with Crippen molar-refractivity contribution in [2.45, 2.75) is 19.4 Å². The molecule has 1 fully saturated rings. The summed E-state index contributed by atoms with van der Waals surface area (Å²) < 4.78 is 6.87. The first kappa shape index (κ1) is 14.5. The maximum atomic E-state index is 12.4. The van der Waals surface area contributed by atoms with Gasteiger partial charge in [-0.05, 0) is 24.8 Å². The van der Waals surface area contributed by atoms with Crippen LogP contribution >= 0.6 is 0 Å². The summed E-state index contributed by atoms with van der Waals surface area (Å²) in [5.41, 5.74) is 0.607. The number of carbonyl (C=O) groups is 1. The molecule has 22 heavy (non-hydrogen) atoms. The van der Waals surface area contributed by atoms with E-state index in [0.717, 1.165) is 32.5 Å². The molecule has 2 aromatic heterocycles. The van der Waals surface area contributed by atoms with Gasteiger partial charge in [0, 0.05) is 31.9 Å². The van der Waals surface area contributed by atoms with Crippen molar-refractivity contribution < 1.29 is 9.53 Å². The average molecular weight is 301 g/mol. The van der Waals surface area contributed by atoms with Crippen molar-refractivity contribution in [3.05, 3.63) is 36.5 Å². The molecule has 2 aromatic rings. The van der Waals surface area contributed by atoms with Crippen molar-refractivity contribution >= 4 is 5.91 Å². The molecule has 0 radical (unpaired) electrons. The number of hydrogen-bond donors (Lipinski definition) is 0. The SMILES string of the molecule is COc1ccc(C(=O)N2CCC(Cn3cncn3)CC2)cn1. The van der Waals surface area contributed by atoms with Gasteiger partial charge in [-0.2, -0.15) is 5.10 Å². The lowest BCUT2D eigenvalue weighted by Gasteiger charge is -2.31. The fourth-order valence-electron chi connectivity index (χ4n) is 2.72. The van der Waals surface area contributed by atoms with Gasteiger partial charge in [0.25, 0.3) is 5.91 Å². The molecule has 0 bridgehead atoms. The van der Waals surface area contributed by atoms with Crippen LogP contribution in [-0.2, 0) is 6.54 Å². The number of ether oxygens (including phenoxy) is 1. The Balaban J connectivity index is 1.54. The van der Waals surface area contributed by atoms with Crippen LogP contribution in [-0.4, -0.2) is 50.8 Å². The van der Waals surface area contributed by atoms with E-state index in [4.69, 9.17) is 4.74 Å². The molecule has 1 aliphatic heterocycles. The maximum Gasteiger partial charge on any atom is 0.255 e. The molecule has 0 saturated carbocycles. The molecule has 0 spiro atoms. The van der Waals surface area contributed by atoms with Crippen LogP contribution in [0.25, 0.3) is 0 Å². The van der Waals surface area contributed by atoms with Gasteiger partial charge in [-0.1, -0.05) is 0 Å². The standard InChI is InChI=1S/C15H19N5O2/c1-22-14-3-2-13(8-17-14)15(21)19-6-4-12(5-7-19)9-20-11-16-10-18-20/h2-3,8,10-12H,4-7,9H2,1H3. The number of amides is 1. The zero-order valence-electron chi connectivity index (χ0n) is 12.6. The predicted octanol–water partition coefficient (Wildman–Crippen LogP) is 1.23. The molecule has 3 heterocycles. The minimum atomic E-state index is 0.0364. The van der Waals surface area contributed by atoms with E-state index in [1.54, 1.807) is 38.1 Å². The topological polar surface area (TPSA) is 73.1 Å². The van der Waals surface area contributed by atoms with Crippen LogP contribution in [0, 0.1) is 5.92 Å². The normalized spacial score (nSPS) is 15.8. The fourth-order valence-corrected chi connectivity index (χ4v) is 2.72. The number of pyridine rings is 1. The highest BCUT2D eigenvalue weighted by Gasteiger charge is 2.24. The van der Waals surface area contributed by atoms with Gasteiger partial charge in [0.15, 0.2) is 0 Å². The van der Waals surface area contributed by atoms with Gasteiger partial charge in [-0.25, -0.2) is 9.97 Å². The second kappa shape index (κ2) is 6.55. The Morgan fingerprint density at radius 2 is 2.18 bits per heavy atom. The number of piperidine rings is 1. The third kappa shape index (κ3) is 3.24. The van der Waals surface area contributed by atoms with E-state index in [9.17, 15) is 4.79 Å². The first-order valence-electron chi connectivity index (χ1n) is 7.38. The molecule has 3 rings (SSSR count). The molecule has 0 N–H and O–H groups in total. The minimum absolute atomic E-state index is 0.0364. The van der Waals surface area contributed by atoms with Crippen molar-refractivity contribution in [3.63, 3.8) is 0 Å². The highest BCUT2D eigenvalue weighted by Crippen LogP contribution is 2.20. The average Bonchev–Trinajstić information content (AvgIpc) is 3.08. The van der Waals surface area contributed by atoms with E-state index >= 15 is 0 Å². The maximum absolute atomic E-state index is 12.4. The minimum Gasteiger partial charge on any atom is -0.481 e. The third-order valence-electron chi connectivity index (χ3n) is 4.01. The zero-order valence-corrected chi connectivity index (χ0v) is 12.6. The number of aromatic nitrogens is 4. The van der Waals surface area contributed by atoms with Gasteiger partial charge in [0.2, 0.25) is 5.88 Å². The van der Waals surface area contributed by atoms with E-state index < -0.39 is 0 Å². The molecule has 0 unspecified atom stereocenters. The van der Waals surface area contributed by atoms with Crippen molar-refractivity contribution in [2.24, 2.45) is 5.92 Å². The van der Waals surface area contributed by atoms with E-state index in [1.807, 2.05) is 9.58 Å². The molecular weight excluding hydrogens is 282 g/mol. The first-order chi connectivity index (χ1) is 10.8. The summed E-state index contributed by atoms with van der Waals surface area (Å²) in [4.78, 5) is 22.4. The number of methoxy groups -OCH3 is 1. The van der Waals surface area contributed by atoms with Crippen LogP contribution in [0.2, 0.25) is 0 Å². The summed E-state index contributed by atoms with van der Waals surface area (Å²) in [7, 11) is 1.56. The summed E-state index contributed by atoms with van der Waals surface area (Å²) in [5.74, 6) is 1.09. The summed E-state index contributed by atoms with van der Waals surface area (Å²) in [5, 5.41) is 4.13. The number of nitrogens with zero attached hydrogens (tertiary/aromatic N) is 5. The first-order valence-corrected chi connectivity index (χ1v) is 7.38. The molecule has 0 aliphatic carbocycles. The van der Waals surface area contributed by atoms with Crippen molar-refractivity contribution in [3.8, 4) is 5.88 Å². The van der Waals surface area contributed by atoms with Gasteiger partial charge in [0.05, 0.1) is 12.7 Å². The molecule has 7 heteroatoms. The van der Waals surface area contributed by atoms with Crippen molar-refractivity contribution in [1.29, 1.82) is 0 Å². The largest absolute Gasteiger partial charge is 0.481 e. The van der Waals surface area contributed by atoms with E-state index in [2.05, 4.69) is 15.1 Å². The molecule has 1 saturated heterocycles. The second-order valence-electron chi connectivity index (χ2n) is 5.44. The zero-order chi connectivity index (χ0) is 15.4. The number of likely N-dealkylation sites (tertiary alicyclic amines) is 1. The lowest BCUT2D eigenvalue weighted by atomic mass is 9.96. The molecular formula is C15H19N5O2. The summed E-state index contributed by atoms with van der Waals surface area (Å²) >= 11 is 0. The van der Waals surface area contributed by atoms with E-state index in [1.165, 1.54) is 0 Å². The van der Waals surface area contributed by atoms with Gasteiger partial charge >= 0.3 is 0 Å². The summed E-state index contributed by atoms with van der Waals surface area (Å²) in [6, 6.07) is 3.47. The molecule has 0 atom stereocenters. The van der Waals surface area contributed by atoms with Crippen LogP contribution < -0.4 is 4.74 Å². The number of carbonyl (C=O) groups excluding carboxylic acids is 1. The quantitative estimate of drug-likeness (QED) is 0.849. The molecule has 0 aromatic carbocycles.